The number of benzene rings is 2. The molecular weight excluding hydrogens is 454 g/mol. The van der Waals surface area contributed by atoms with Crippen LogP contribution in [0.3, 0.4) is 0 Å². The lowest BCUT2D eigenvalue weighted by atomic mass is 9.88. The highest BCUT2D eigenvalue weighted by molar-refractivity contribution is 5.76. The highest BCUT2D eigenvalue weighted by atomic mass is 19.2. The lowest BCUT2D eigenvalue weighted by Gasteiger charge is -2.29. The summed E-state index contributed by atoms with van der Waals surface area (Å²) in [6.07, 6.45) is 0. The number of nitrogens with one attached hydrogen (secondary N) is 1. The lowest BCUT2D eigenvalue weighted by molar-refractivity contribution is 0.122. The van der Waals surface area contributed by atoms with Crippen molar-refractivity contribution < 1.29 is 18.3 Å². The van der Waals surface area contributed by atoms with Crippen molar-refractivity contribution in [1.82, 2.24) is 9.97 Å². The Balaban J connectivity index is 1.49. The Morgan fingerprint density at radius 2 is 1.77 bits per heavy atom. The Morgan fingerprint density at radius 1 is 1.03 bits per heavy atom. The summed E-state index contributed by atoms with van der Waals surface area (Å²) >= 11 is 0. The summed E-state index contributed by atoms with van der Waals surface area (Å²) in [4.78, 5) is 13.3. The van der Waals surface area contributed by atoms with Crippen LogP contribution in [0.1, 0.15) is 19.4 Å². The second-order valence-corrected chi connectivity index (χ2v) is 9.31. The molecule has 2 aromatic carbocycles. The minimum Gasteiger partial charge on any atom is -0.494 e. The minimum atomic E-state index is -0.917. The SMILES string of the molecule is COc1cc(N2CCOCC2)ccc1Nc1nc(N)c2c(n1)N(c1ccc(F)c(F)c1)CC2(C)C. The topological polar surface area (TPSA) is 88.8 Å². The molecule has 5 rings (SSSR count). The average molecular weight is 483 g/mol. The fourth-order valence-electron chi connectivity index (χ4n) is 4.70. The van der Waals surface area contributed by atoms with Crippen molar-refractivity contribution in [3.63, 3.8) is 0 Å². The molecule has 3 aromatic rings. The number of nitrogens with two attached hydrogens (primary N) is 1. The van der Waals surface area contributed by atoms with Crippen molar-refractivity contribution in [3.05, 3.63) is 53.6 Å². The van der Waals surface area contributed by atoms with Crippen LogP contribution in [0.5, 0.6) is 5.75 Å². The number of fused-ring (bicyclic) bond motifs is 1. The first-order chi connectivity index (χ1) is 16.8. The number of ether oxygens (including phenoxy) is 2. The lowest BCUT2D eigenvalue weighted by Crippen LogP contribution is -2.36. The second kappa shape index (κ2) is 8.84. The fourth-order valence-corrected chi connectivity index (χ4v) is 4.70. The van der Waals surface area contributed by atoms with Gasteiger partial charge in [-0.2, -0.15) is 9.97 Å². The van der Waals surface area contributed by atoms with E-state index in [0.29, 0.717) is 48.5 Å². The van der Waals surface area contributed by atoms with Crippen molar-refractivity contribution in [3.8, 4) is 5.75 Å². The molecule has 0 spiro atoms. The van der Waals surface area contributed by atoms with Gasteiger partial charge >= 0.3 is 0 Å². The Bertz CT molecular complexity index is 1260. The monoisotopic (exact) mass is 482 g/mol. The maximum Gasteiger partial charge on any atom is 0.231 e. The third-order valence-corrected chi connectivity index (χ3v) is 6.43. The summed E-state index contributed by atoms with van der Waals surface area (Å²) in [7, 11) is 1.61. The van der Waals surface area contributed by atoms with Gasteiger partial charge in [-0.1, -0.05) is 13.8 Å². The van der Waals surface area contributed by atoms with Gasteiger partial charge in [0.05, 0.1) is 26.0 Å². The molecule has 1 fully saturated rings. The van der Waals surface area contributed by atoms with Gasteiger partial charge in [-0.25, -0.2) is 8.78 Å². The zero-order valence-electron chi connectivity index (χ0n) is 19.9. The van der Waals surface area contributed by atoms with Gasteiger partial charge in [0, 0.05) is 54.1 Å². The summed E-state index contributed by atoms with van der Waals surface area (Å²) in [5.74, 6) is -0.0151. The van der Waals surface area contributed by atoms with Gasteiger partial charge in [-0.15, -0.1) is 0 Å². The molecule has 0 aliphatic carbocycles. The van der Waals surface area contributed by atoms with Crippen LogP contribution in [0, 0.1) is 11.6 Å². The van der Waals surface area contributed by atoms with E-state index in [-0.39, 0.29) is 11.4 Å². The molecule has 2 aliphatic rings. The van der Waals surface area contributed by atoms with Crippen molar-refractivity contribution in [2.75, 3.05) is 60.8 Å². The van der Waals surface area contributed by atoms with Gasteiger partial charge < -0.3 is 30.3 Å². The number of morpholine rings is 1. The summed E-state index contributed by atoms with van der Waals surface area (Å²) in [5.41, 5.74) is 8.98. The molecule has 0 atom stereocenters. The Morgan fingerprint density at radius 3 is 2.49 bits per heavy atom. The number of rotatable bonds is 5. The number of aromatic nitrogens is 2. The number of nitrogens with zero attached hydrogens (tertiary/aromatic N) is 4. The zero-order valence-corrected chi connectivity index (χ0v) is 19.9. The predicted molar refractivity (Wildman–Crippen MR) is 132 cm³/mol. The normalized spacial score (nSPS) is 16.8. The van der Waals surface area contributed by atoms with Crippen LogP contribution in [0.25, 0.3) is 0 Å². The minimum absolute atomic E-state index is 0.281. The Hall–Kier alpha value is -3.66. The van der Waals surface area contributed by atoms with Gasteiger partial charge in [0.15, 0.2) is 11.6 Å². The number of nitrogen functional groups attached to an aromatic ring is 1. The second-order valence-electron chi connectivity index (χ2n) is 9.31. The Kier molecular flexibility index (Phi) is 5.84. The summed E-state index contributed by atoms with van der Waals surface area (Å²) in [5, 5.41) is 3.21. The average Bonchev–Trinajstić information content (AvgIpc) is 3.12. The number of hydrogen-bond donors (Lipinski definition) is 2. The molecule has 3 heterocycles. The van der Waals surface area contributed by atoms with Crippen LogP contribution >= 0.6 is 0 Å². The fraction of sp³-hybridized carbons (Fsp3) is 0.360. The zero-order chi connectivity index (χ0) is 24.7. The quantitative estimate of drug-likeness (QED) is 0.555. The summed E-state index contributed by atoms with van der Waals surface area (Å²) < 4.78 is 38.6. The molecule has 35 heavy (non-hydrogen) atoms. The van der Waals surface area contributed by atoms with Gasteiger partial charge in [0.2, 0.25) is 5.95 Å². The first-order valence-corrected chi connectivity index (χ1v) is 11.4. The predicted octanol–water partition coefficient (Wildman–Crippen LogP) is 4.36. The van der Waals surface area contributed by atoms with E-state index in [9.17, 15) is 8.78 Å². The van der Waals surface area contributed by atoms with E-state index in [1.165, 1.54) is 12.1 Å². The molecule has 2 aliphatic heterocycles. The van der Waals surface area contributed by atoms with Crippen LogP contribution in [-0.4, -0.2) is 49.9 Å². The number of halogens is 2. The number of methoxy groups -OCH3 is 1. The van der Waals surface area contributed by atoms with Crippen LogP contribution in [0.4, 0.5) is 43.4 Å². The van der Waals surface area contributed by atoms with Crippen molar-refractivity contribution in [2.45, 2.75) is 19.3 Å². The van der Waals surface area contributed by atoms with E-state index in [0.717, 1.165) is 30.4 Å². The van der Waals surface area contributed by atoms with Crippen LogP contribution < -0.4 is 25.6 Å². The van der Waals surface area contributed by atoms with Gasteiger partial charge in [0.1, 0.15) is 17.4 Å². The van der Waals surface area contributed by atoms with Crippen LogP contribution in [0.2, 0.25) is 0 Å². The third-order valence-electron chi connectivity index (χ3n) is 6.43. The van der Waals surface area contributed by atoms with Crippen LogP contribution in [0.15, 0.2) is 36.4 Å². The molecule has 8 nitrogen and oxygen atoms in total. The van der Waals surface area contributed by atoms with E-state index < -0.39 is 11.6 Å². The van der Waals surface area contributed by atoms with Crippen molar-refractivity contribution in [2.24, 2.45) is 0 Å². The first-order valence-electron chi connectivity index (χ1n) is 11.4. The largest absolute Gasteiger partial charge is 0.494 e. The molecular formula is C25H28F2N6O2. The molecule has 0 bridgehead atoms. The highest BCUT2D eigenvalue weighted by Crippen LogP contribution is 2.46. The van der Waals surface area contributed by atoms with Gasteiger partial charge in [-0.05, 0) is 24.3 Å². The molecule has 3 N–H and O–H groups in total. The standard InChI is InChI=1S/C25H28F2N6O2/c1-25(2)14-33(16-4-6-17(26)18(27)12-16)23-21(25)22(28)30-24(31-23)29-19-7-5-15(13-20(19)34-3)32-8-10-35-11-9-32/h4-7,12-13H,8-11,14H2,1-3H3,(H3,28,29,30,31). The Labute approximate surface area is 202 Å². The number of anilines is 6. The van der Waals surface area contributed by atoms with Crippen molar-refractivity contribution >= 4 is 34.6 Å². The summed E-state index contributed by atoms with van der Waals surface area (Å²) in [6.45, 7) is 7.54. The molecule has 10 heteroatoms. The van der Waals surface area contributed by atoms with Gasteiger partial charge in [0.25, 0.3) is 0 Å². The van der Waals surface area contributed by atoms with E-state index >= 15 is 0 Å². The van der Waals surface area contributed by atoms with E-state index in [1.54, 1.807) is 7.11 Å². The van der Waals surface area contributed by atoms with E-state index in [2.05, 4.69) is 15.2 Å². The molecule has 0 radical (unpaired) electrons. The van der Waals surface area contributed by atoms with E-state index in [4.69, 9.17) is 20.2 Å². The number of hydrogen-bond acceptors (Lipinski definition) is 8. The molecule has 184 valence electrons. The molecule has 0 amide bonds. The van der Waals surface area contributed by atoms with Crippen molar-refractivity contribution in [1.29, 1.82) is 0 Å². The molecule has 1 saturated heterocycles. The summed E-state index contributed by atoms with van der Waals surface area (Å²) in [6, 6.07) is 9.68. The smallest absolute Gasteiger partial charge is 0.231 e. The highest BCUT2D eigenvalue weighted by Gasteiger charge is 2.40. The molecule has 0 saturated carbocycles. The van der Waals surface area contributed by atoms with Crippen LogP contribution in [-0.2, 0) is 10.2 Å². The van der Waals surface area contributed by atoms with Gasteiger partial charge in [-0.3, -0.25) is 0 Å². The first kappa shape index (κ1) is 23.1. The third kappa shape index (κ3) is 4.29. The molecule has 0 unspecified atom stereocenters. The van der Waals surface area contributed by atoms with E-state index in [1.807, 2.05) is 36.9 Å². The maximum absolute atomic E-state index is 14.0. The maximum atomic E-state index is 14.0. The molecule has 1 aromatic heterocycles.